The van der Waals surface area contributed by atoms with Crippen molar-refractivity contribution in [3.63, 3.8) is 0 Å². The monoisotopic (exact) mass is 603 g/mol. The summed E-state index contributed by atoms with van der Waals surface area (Å²) in [6, 6.07) is 20.9. The Bertz CT molecular complexity index is 1320. The van der Waals surface area contributed by atoms with E-state index < -0.39 is 10.0 Å². The summed E-state index contributed by atoms with van der Waals surface area (Å²) >= 11 is 8.70. The van der Waals surface area contributed by atoms with E-state index in [1.807, 2.05) is 30.3 Å². The van der Waals surface area contributed by atoms with Crippen LogP contribution in [-0.4, -0.2) is 32.6 Å². The molecule has 0 unspecified atom stereocenters. The molecule has 0 spiro atoms. The summed E-state index contributed by atoms with van der Waals surface area (Å²) < 4.78 is 34.2. The van der Waals surface area contributed by atoms with Gasteiger partial charge in [0.25, 0.3) is 5.91 Å². The molecule has 0 aromatic heterocycles. The topological polar surface area (TPSA) is 96.5 Å². The zero-order chi connectivity index (χ0) is 26.8. The van der Waals surface area contributed by atoms with Crippen LogP contribution in [-0.2, 0) is 16.4 Å². The highest BCUT2D eigenvalue weighted by molar-refractivity contribution is 9.10. The Balaban J connectivity index is 1.50. The number of nitrogens with one attached hydrogen (secondary N) is 3. The van der Waals surface area contributed by atoms with Gasteiger partial charge in [0.05, 0.1) is 16.0 Å². The lowest BCUT2D eigenvalue weighted by molar-refractivity contribution is 0.0977. The lowest BCUT2D eigenvalue weighted by Gasteiger charge is -2.12. The van der Waals surface area contributed by atoms with Crippen molar-refractivity contribution in [1.29, 1.82) is 0 Å². The van der Waals surface area contributed by atoms with Crippen LogP contribution in [0, 0.1) is 5.92 Å². The van der Waals surface area contributed by atoms with Gasteiger partial charge in [-0.2, -0.15) is 0 Å². The maximum atomic E-state index is 12.6. The zero-order valence-electron chi connectivity index (χ0n) is 20.7. The average Bonchev–Trinajstić information content (AvgIpc) is 2.85. The van der Waals surface area contributed by atoms with Crippen molar-refractivity contribution >= 4 is 54.9 Å². The lowest BCUT2D eigenvalue weighted by Crippen LogP contribution is -2.34. The highest BCUT2D eigenvalue weighted by Gasteiger charge is 2.14. The number of rotatable bonds is 11. The lowest BCUT2D eigenvalue weighted by atomic mass is 10.1. The number of sulfonamides is 1. The standard InChI is InChI=1S/C27H30BrN3O4S2/c1-19(2)15-17-35-25-13-8-21(18-24(25)28)26(32)31-27(36)30-22-9-11-23(12-10-22)37(33,34)29-16-14-20-6-4-3-5-7-20/h3-13,18-19,29H,14-17H2,1-2H3,(H2,30,31,32,36). The van der Waals surface area contributed by atoms with Crippen molar-refractivity contribution in [2.75, 3.05) is 18.5 Å². The second-order valence-corrected chi connectivity index (χ2v) is 11.8. The SMILES string of the molecule is CC(C)CCOc1ccc(C(=O)NC(=S)Nc2ccc(S(=O)(=O)NCCc3ccccc3)cc2)cc1Br. The number of benzene rings is 3. The molecule has 0 radical (unpaired) electrons. The Morgan fingerprint density at radius 3 is 2.38 bits per heavy atom. The molecule has 196 valence electrons. The third-order valence-electron chi connectivity index (χ3n) is 5.34. The number of carbonyl (C=O) groups excluding carboxylic acids is 1. The normalized spacial score (nSPS) is 11.2. The summed E-state index contributed by atoms with van der Waals surface area (Å²) in [5.41, 5.74) is 2.01. The first-order valence-electron chi connectivity index (χ1n) is 11.8. The molecular weight excluding hydrogens is 574 g/mol. The number of carbonyl (C=O) groups is 1. The van der Waals surface area contributed by atoms with Crippen molar-refractivity contribution in [2.24, 2.45) is 5.92 Å². The second kappa shape index (κ2) is 13.7. The summed E-state index contributed by atoms with van der Waals surface area (Å²) in [7, 11) is -3.64. The van der Waals surface area contributed by atoms with E-state index in [2.05, 4.69) is 45.1 Å². The van der Waals surface area contributed by atoms with Crippen LogP contribution in [0.5, 0.6) is 5.75 Å². The van der Waals surface area contributed by atoms with Crippen LogP contribution in [0.1, 0.15) is 36.2 Å². The van der Waals surface area contributed by atoms with Gasteiger partial charge in [0.2, 0.25) is 10.0 Å². The first-order valence-corrected chi connectivity index (χ1v) is 14.5. The molecule has 0 fully saturated rings. The Labute approximate surface area is 232 Å². The van der Waals surface area contributed by atoms with Gasteiger partial charge in [0.15, 0.2) is 5.11 Å². The average molecular weight is 605 g/mol. The van der Waals surface area contributed by atoms with Gasteiger partial charge in [-0.15, -0.1) is 0 Å². The van der Waals surface area contributed by atoms with Crippen LogP contribution >= 0.6 is 28.1 Å². The molecule has 37 heavy (non-hydrogen) atoms. The molecule has 3 rings (SSSR count). The first kappa shape index (κ1) is 28.8. The van der Waals surface area contributed by atoms with Crippen molar-refractivity contribution < 1.29 is 17.9 Å². The number of amides is 1. The molecule has 3 aromatic carbocycles. The van der Waals surface area contributed by atoms with Gasteiger partial charge in [-0.05, 0) is 94.9 Å². The van der Waals surface area contributed by atoms with E-state index in [0.29, 0.717) is 47.0 Å². The van der Waals surface area contributed by atoms with Gasteiger partial charge in [-0.25, -0.2) is 13.1 Å². The second-order valence-electron chi connectivity index (χ2n) is 8.74. The zero-order valence-corrected chi connectivity index (χ0v) is 23.9. The van der Waals surface area contributed by atoms with E-state index in [1.165, 1.54) is 12.1 Å². The van der Waals surface area contributed by atoms with E-state index >= 15 is 0 Å². The van der Waals surface area contributed by atoms with E-state index in [-0.39, 0.29) is 15.9 Å². The molecule has 0 bridgehead atoms. The van der Waals surface area contributed by atoms with Gasteiger partial charge in [-0.1, -0.05) is 44.2 Å². The minimum Gasteiger partial charge on any atom is -0.492 e. The maximum absolute atomic E-state index is 12.6. The van der Waals surface area contributed by atoms with E-state index in [9.17, 15) is 13.2 Å². The smallest absolute Gasteiger partial charge is 0.257 e. The number of ether oxygens (including phenoxy) is 1. The first-order chi connectivity index (χ1) is 17.6. The predicted octanol–water partition coefficient (Wildman–Crippen LogP) is 5.52. The quantitative estimate of drug-likeness (QED) is 0.250. The van der Waals surface area contributed by atoms with Crippen LogP contribution in [0.3, 0.4) is 0 Å². The molecule has 3 N–H and O–H groups in total. The molecular formula is C27H30BrN3O4S2. The van der Waals surface area contributed by atoms with Crippen molar-refractivity contribution in [1.82, 2.24) is 10.0 Å². The van der Waals surface area contributed by atoms with Crippen molar-refractivity contribution in [3.8, 4) is 5.75 Å². The predicted molar refractivity (Wildman–Crippen MR) is 155 cm³/mol. The molecule has 0 aliphatic carbocycles. The summed E-state index contributed by atoms with van der Waals surface area (Å²) in [4.78, 5) is 12.8. The molecule has 10 heteroatoms. The van der Waals surface area contributed by atoms with Gasteiger partial charge in [0.1, 0.15) is 5.75 Å². The molecule has 0 atom stereocenters. The van der Waals surface area contributed by atoms with E-state index in [4.69, 9.17) is 17.0 Å². The Morgan fingerprint density at radius 2 is 1.73 bits per heavy atom. The largest absolute Gasteiger partial charge is 0.492 e. The van der Waals surface area contributed by atoms with Crippen LogP contribution in [0.15, 0.2) is 82.2 Å². The van der Waals surface area contributed by atoms with E-state index in [1.54, 1.807) is 30.3 Å². The van der Waals surface area contributed by atoms with Crippen LogP contribution < -0.4 is 20.1 Å². The van der Waals surface area contributed by atoms with Crippen molar-refractivity contribution in [3.05, 3.63) is 88.4 Å². The maximum Gasteiger partial charge on any atom is 0.257 e. The Morgan fingerprint density at radius 1 is 1.03 bits per heavy atom. The number of thiocarbonyl (C=S) groups is 1. The molecule has 0 heterocycles. The fourth-order valence-corrected chi connectivity index (χ4v) is 5.01. The minimum atomic E-state index is -3.64. The van der Waals surface area contributed by atoms with Gasteiger partial charge in [-0.3, -0.25) is 10.1 Å². The molecule has 0 saturated carbocycles. The minimum absolute atomic E-state index is 0.0926. The molecule has 0 saturated heterocycles. The molecule has 7 nitrogen and oxygen atoms in total. The third kappa shape index (κ3) is 9.23. The molecule has 3 aromatic rings. The van der Waals surface area contributed by atoms with Gasteiger partial charge < -0.3 is 10.1 Å². The third-order valence-corrected chi connectivity index (χ3v) is 7.65. The molecule has 0 aliphatic heterocycles. The summed E-state index contributed by atoms with van der Waals surface area (Å²) in [6.07, 6.45) is 1.53. The fraction of sp³-hybridized carbons (Fsp3) is 0.259. The number of halogens is 1. The van der Waals surface area contributed by atoms with E-state index in [0.717, 1.165) is 12.0 Å². The number of anilines is 1. The summed E-state index contributed by atoms with van der Waals surface area (Å²) in [6.45, 7) is 5.15. The fourth-order valence-electron chi connectivity index (χ4n) is 3.28. The number of hydrogen-bond donors (Lipinski definition) is 3. The Kier molecular flexibility index (Phi) is 10.6. The molecule has 1 amide bonds. The van der Waals surface area contributed by atoms with Crippen LogP contribution in [0.2, 0.25) is 0 Å². The van der Waals surface area contributed by atoms with Gasteiger partial charge >= 0.3 is 0 Å². The summed E-state index contributed by atoms with van der Waals surface area (Å²) in [5, 5.41) is 5.62. The highest BCUT2D eigenvalue weighted by atomic mass is 79.9. The summed E-state index contributed by atoms with van der Waals surface area (Å²) in [5.74, 6) is 0.829. The number of hydrogen-bond acceptors (Lipinski definition) is 5. The highest BCUT2D eigenvalue weighted by Crippen LogP contribution is 2.26. The van der Waals surface area contributed by atoms with Crippen LogP contribution in [0.4, 0.5) is 5.69 Å². The van der Waals surface area contributed by atoms with Crippen LogP contribution in [0.25, 0.3) is 0 Å². The molecule has 0 aliphatic rings. The Hall–Kier alpha value is -2.79. The van der Waals surface area contributed by atoms with Crippen molar-refractivity contribution in [2.45, 2.75) is 31.6 Å². The van der Waals surface area contributed by atoms with Gasteiger partial charge in [0, 0.05) is 17.8 Å².